The Hall–Kier alpha value is -1.30. The Morgan fingerprint density at radius 2 is 1.70 bits per heavy atom. The largest absolute Gasteiger partial charge is 0.378 e. The van der Waals surface area contributed by atoms with E-state index in [1.165, 1.54) is 32.1 Å². The molecule has 0 spiro atoms. The molecule has 2 aliphatic rings. The second-order valence-electron chi connectivity index (χ2n) is 6.48. The molecule has 6 nitrogen and oxygen atoms in total. The number of hydrogen-bond donors (Lipinski definition) is 3. The number of nitrogens with one attached hydrogen (secondary N) is 3. The molecule has 2 rings (SSSR count). The fourth-order valence-corrected chi connectivity index (χ4v) is 2.84. The molecule has 0 radical (unpaired) electrons. The third-order valence-electron chi connectivity index (χ3n) is 4.41. The van der Waals surface area contributed by atoms with Gasteiger partial charge >= 0.3 is 0 Å². The molecule has 0 aromatic heterocycles. The molecular weight excluding hydrogens is 292 g/mol. The summed E-state index contributed by atoms with van der Waals surface area (Å²) in [6, 6.07) is 0. The average Bonchev–Trinajstić information content (AvgIpc) is 3.42. The number of carbonyl (C=O) groups is 1. The lowest BCUT2D eigenvalue weighted by Gasteiger charge is -2.22. The van der Waals surface area contributed by atoms with Crippen LogP contribution in [0.25, 0.3) is 0 Å². The maximum Gasteiger partial charge on any atom is 0.223 e. The second-order valence-corrected chi connectivity index (χ2v) is 6.48. The van der Waals surface area contributed by atoms with Gasteiger partial charge in [-0.2, -0.15) is 0 Å². The van der Waals surface area contributed by atoms with Gasteiger partial charge in [0.1, 0.15) is 0 Å². The Morgan fingerprint density at radius 1 is 1.00 bits per heavy atom. The van der Waals surface area contributed by atoms with Crippen molar-refractivity contribution < 1.29 is 9.53 Å². The smallest absolute Gasteiger partial charge is 0.223 e. The van der Waals surface area contributed by atoms with Crippen LogP contribution in [0.5, 0.6) is 0 Å². The fraction of sp³-hybridized carbons (Fsp3) is 0.882. The van der Waals surface area contributed by atoms with Crippen LogP contribution >= 0.6 is 0 Å². The van der Waals surface area contributed by atoms with E-state index < -0.39 is 0 Å². The molecule has 0 aromatic rings. The van der Waals surface area contributed by atoms with Crippen molar-refractivity contribution in [3.05, 3.63) is 0 Å². The molecule has 0 aliphatic heterocycles. The van der Waals surface area contributed by atoms with Gasteiger partial charge in [0.2, 0.25) is 5.91 Å². The second kappa shape index (κ2) is 10.5. The van der Waals surface area contributed by atoms with E-state index in [4.69, 9.17) is 4.74 Å². The molecule has 0 unspecified atom stereocenters. The number of amides is 1. The fourth-order valence-electron chi connectivity index (χ4n) is 2.84. The van der Waals surface area contributed by atoms with E-state index in [0.29, 0.717) is 19.2 Å². The molecule has 2 fully saturated rings. The van der Waals surface area contributed by atoms with Gasteiger partial charge in [-0.1, -0.05) is 19.3 Å². The van der Waals surface area contributed by atoms with Gasteiger partial charge in [0.05, 0.1) is 6.10 Å². The summed E-state index contributed by atoms with van der Waals surface area (Å²) in [6.45, 7) is 2.99. The summed E-state index contributed by atoms with van der Waals surface area (Å²) in [4.78, 5) is 15.7. The highest BCUT2D eigenvalue weighted by Gasteiger charge is 2.28. The Bertz CT molecular complexity index is 377. The van der Waals surface area contributed by atoms with Crippen LogP contribution in [0.4, 0.5) is 0 Å². The van der Waals surface area contributed by atoms with E-state index in [1.807, 2.05) is 0 Å². The van der Waals surface area contributed by atoms with Crippen molar-refractivity contribution in [3.63, 3.8) is 0 Å². The van der Waals surface area contributed by atoms with Gasteiger partial charge in [-0.25, -0.2) is 0 Å². The van der Waals surface area contributed by atoms with E-state index in [9.17, 15) is 4.79 Å². The van der Waals surface area contributed by atoms with Gasteiger partial charge in [0.15, 0.2) is 5.96 Å². The molecule has 2 saturated carbocycles. The number of aliphatic imine (C=N–C) groups is 1. The van der Waals surface area contributed by atoms with Gasteiger partial charge in [-0.15, -0.1) is 0 Å². The van der Waals surface area contributed by atoms with E-state index in [-0.39, 0.29) is 11.8 Å². The molecule has 0 aromatic carbocycles. The van der Waals surface area contributed by atoms with Crippen LogP contribution in [0.3, 0.4) is 0 Å². The Kier molecular flexibility index (Phi) is 8.21. The van der Waals surface area contributed by atoms with Gasteiger partial charge in [-0.3, -0.25) is 9.79 Å². The van der Waals surface area contributed by atoms with Gasteiger partial charge in [0.25, 0.3) is 0 Å². The predicted molar refractivity (Wildman–Crippen MR) is 92.5 cm³/mol. The van der Waals surface area contributed by atoms with Crippen molar-refractivity contribution in [1.82, 2.24) is 16.0 Å². The summed E-state index contributed by atoms with van der Waals surface area (Å²) in [5.41, 5.74) is 0. The zero-order valence-electron chi connectivity index (χ0n) is 14.4. The highest BCUT2D eigenvalue weighted by atomic mass is 16.5. The topological polar surface area (TPSA) is 74.8 Å². The van der Waals surface area contributed by atoms with Crippen molar-refractivity contribution >= 4 is 11.9 Å². The third kappa shape index (κ3) is 7.68. The van der Waals surface area contributed by atoms with Crippen LogP contribution in [0.1, 0.15) is 51.4 Å². The highest BCUT2D eigenvalue weighted by Crippen LogP contribution is 2.28. The van der Waals surface area contributed by atoms with Crippen molar-refractivity contribution in [1.29, 1.82) is 0 Å². The van der Waals surface area contributed by atoms with Gasteiger partial charge < -0.3 is 20.7 Å². The molecule has 3 N–H and O–H groups in total. The van der Waals surface area contributed by atoms with Crippen LogP contribution in [0, 0.1) is 5.92 Å². The summed E-state index contributed by atoms with van der Waals surface area (Å²) < 4.78 is 5.90. The number of ether oxygens (including phenoxy) is 1. The molecule has 0 heterocycles. The summed E-state index contributed by atoms with van der Waals surface area (Å²) in [5.74, 6) is 1.24. The summed E-state index contributed by atoms with van der Waals surface area (Å²) >= 11 is 0. The lowest BCUT2D eigenvalue weighted by atomic mass is 9.98. The first-order valence-electron chi connectivity index (χ1n) is 9.13. The first-order valence-corrected chi connectivity index (χ1v) is 9.13. The number of guanidine groups is 1. The van der Waals surface area contributed by atoms with Crippen LogP contribution < -0.4 is 16.0 Å². The minimum absolute atomic E-state index is 0.189. The summed E-state index contributed by atoms with van der Waals surface area (Å²) in [5, 5.41) is 9.42. The molecule has 2 aliphatic carbocycles. The molecule has 23 heavy (non-hydrogen) atoms. The third-order valence-corrected chi connectivity index (χ3v) is 4.41. The first kappa shape index (κ1) is 18.0. The maximum absolute atomic E-state index is 11.5. The van der Waals surface area contributed by atoms with Gasteiger partial charge in [0, 0.05) is 39.2 Å². The monoisotopic (exact) mass is 324 g/mol. The number of rotatable bonds is 9. The van der Waals surface area contributed by atoms with Gasteiger partial charge in [-0.05, 0) is 32.1 Å². The van der Waals surface area contributed by atoms with Crippen molar-refractivity contribution in [2.45, 2.75) is 57.5 Å². The van der Waals surface area contributed by atoms with Crippen LogP contribution in [-0.4, -0.2) is 51.3 Å². The lowest BCUT2D eigenvalue weighted by molar-refractivity contribution is -0.122. The quantitative estimate of drug-likeness (QED) is 0.341. The Morgan fingerprint density at radius 3 is 2.39 bits per heavy atom. The van der Waals surface area contributed by atoms with E-state index >= 15 is 0 Å². The van der Waals surface area contributed by atoms with E-state index in [2.05, 4.69) is 20.9 Å². The molecular formula is C17H32N4O2. The predicted octanol–water partition coefficient (Wildman–Crippen LogP) is 1.42. The molecule has 0 atom stereocenters. The Labute approximate surface area is 139 Å². The first-order chi connectivity index (χ1) is 11.3. The van der Waals surface area contributed by atoms with Crippen molar-refractivity contribution in [2.24, 2.45) is 10.9 Å². The number of carbonyl (C=O) groups excluding carboxylic acids is 1. The SMILES string of the molecule is CN=C(NCCCOC1CCCCC1)NCCNC(=O)C1CC1. The maximum atomic E-state index is 11.5. The Balaban J connectivity index is 1.43. The minimum atomic E-state index is 0.189. The molecule has 132 valence electrons. The van der Waals surface area contributed by atoms with E-state index in [0.717, 1.165) is 38.4 Å². The van der Waals surface area contributed by atoms with Crippen molar-refractivity contribution in [2.75, 3.05) is 33.3 Å². The normalized spacial score (nSPS) is 19.4. The minimum Gasteiger partial charge on any atom is -0.378 e. The zero-order chi connectivity index (χ0) is 16.3. The summed E-state index contributed by atoms with van der Waals surface area (Å²) in [7, 11) is 1.76. The van der Waals surface area contributed by atoms with Crippen LogP contribution in [0.2, 0.25) is 0 Å². The van der Waals surface area contributed by atoms with Crippen LogP contribution in [-0.2, 0) is 9.53 Å². The summed E-state index contributed by atoms with van der Waals surface area (Å²) in [6.07, 6.45) is 10.0. The zero-order valence-corrected chi connectivity index (χ0v) is 14.4. The molecule has 0 bridgehead atoms. The van der Waals surface area contributed by atoms with E-state index in [1.54, 1.807) is 7.05 Å². The lowest BCUT2D eigenvalue weighted by Crippen LogP contribution is -2.42. The van der Waals surface area contributed by atoms with Crippen LogP contribution in [0.15, 0.2) is 4.99 Å². The molecule has 6 heteroatoms. The standard InChI is InChI=1S/C17H32N4O2/c1-18-17(21-12-11-19-16(22)14-8-9-14)20-10-5-13-23-15-6-3-2-4-7-15/h14-15H,2-13H2,1H3,(H,19,22)(H2,18,20,21). The molecule has 0 saturated heterocycles. The van der Waals surface area contributed by atoms with Crippen molar-refractivity contribution in [3.8, 4) is 0 Å². The average molecular weight is 324 g/mol. The molecule has 1 amide bonds. The number of hydrogen-bond acceptors (Lipinski definition) is 3. The number of nitrogens with zero attached hydrogens (tertiary/aromatic N) is 1. The highest BCUT2D eigenvalue weighted by molar-refractivity contribution is 5.81.